The molecule has 0 spiro atoms. The molecule has 0 amide bonds. The van der Waals surface area contributed by atoms with E-state index in [1.807, 2.05) is 25.5 Å². The van der Waals surface area contributed by atoms with Gasteiger partial charge in [0.2, 0.25) is 0 Å². The van der Waals surface area contributed by atoms with E-state index in [9.17, 15) is 0 Å². The van der Waals surface area contributed by atoms with Gasteiger partial charge in [-0.2, -0.15) is 5.10 Å². The molecule has 5 nitrogen and oxygen atoms in total. The summed E-state index contributed by atoms with van der Waals surface area (Å²) in [6.07, 6.45) is 3.75. The number of aromatic amines is 1. The van der Waals surface area contributed by atoms with Crippen molar-refractivity contribution in [1.29, 1.82) is 0 Å². The van der Waals surface area contributed by atoms with Crippen LogP contribution in [0.3, 0.4) is 0 Å². The van der Waals surface area contributed by atoms with Crippen molar-refractivity contribution in [2.75, 3.05) is 0 Å². The van der Waals surface area contributed by atoms with Crippen molar-refractivity contribution >= 4 is 0 Å². The third-order valence-corrected chi connectivity index (χ3v) is 2.29. The molecule has 0 fully saturated rings. The van der Waals surface area contributed by atoms with E-state index in [0.717, 1.165) is 23.8 Å². The molecule has 0 aliphatic heterocycles. The molecular formula is C11H17N5. The lowest BCUT2D eigenvalue weighted by Crippen LogP contribution is -2.21. The Kier molecular flexibility index (Phi) is 3.05. The highest BCUT2D eigenvalue weighted by atomic mass is 15.3. The minimum Gasteiger partial charge on any atom is -0.339 e. The molecule has 0 aromatic carbocycles. The van der Waals surface area contributed by atoms with Crippen molar-refractivity contribution in [1.82, 2.24) is 25.1 Å². The Morgan fingerprint density at radius 3 is 2.94 bits per heavy atom. The number of rotatable bonds is 4. The standard InChI is InChI=1S/C11H17N5/c1-8(2)12-6-9-7-13-11(14-9)10-4-5-16(3)15-10/h4-5,7-8,12H,6H2,1-3H3,(H,13,14). The Morgan fingerprint density at radius 2 is 2.31 bits per heavy atom. The molecule has 16 heavy (non-hydrogen) atoms. The van der Waals surface area contributed by atoms with Gasteiger partial charge in [-0.3, -0.25) is 4.68 Å². The average Bonchev–Trinajstić information content (AvgIpc) is 2.83. The topological polar surface area (TPSA) is 58.5 Å². The summed E-state index contributed by atoms with van der Waals surface area (Å²) in [6, 6.07) is 2.42. The second-order valence-electron chi connectivity index (χ2n) is 4.17. The van der Waals surface area contributed by atoms with Crippen LogP contribution < -0.4 is 5.32 Å². The van der Waals surface area contributed by atoms with Crippen LogP contribution in [0.15, 0.2) is 18.5 Å². The first-order valence-electron chi connectivity index (χ1n) is 5.42. The molecule has 2 aromatic heterocycles. The van der Waals surface area contributed by atoms with E-state index < -0.39 is 0 Å². The van der Waals surface area contributed by atoms with Crippen molar-refractivity contribution in [2.45, 2.75) is 26.4 Å². The molecule has 0 saturated carbocycles. The Balaban J connectivity index is 2.07. The highest BCUT2D eigenvalue weighted by Crippen LogP contribution is 2.12. The summed E-state index contributed by atoms with van der Waals surface area (Å²) in [5.41, 5.74) is 1.95. The molecular weight excluding hydrogens is 202 g/mol. The molecule has 2 rings (SSSR count). The number of hydrogen-bond donors (Lipinski definition) is 2. The highest BCUT2D eigenvalue weighted by molar-refractivity contribution is 5.48. The van der Waals surface area contributed by atoms with Gasteiger partial charge >= 0.3 is 0 Å². The van der Waals surface area contributed by atoms with E-state index in [4.69, 9.17) is 0 Å². The monoisotopic (exact) mass is 219 g/mol. The van der Waals surface area contributed by atoms with E-state index in [1.165, 1.54) is 0 Å². The second-order valence-corrected chi connectivity index (χ2v) is 4.17. The molecule has 0 saturated heterocycles. The van der Waals surface area contributed by atoms with Crippen LogP contribution in [0.2, 0.25) is 0 Å². The van der Waals surface area contributed by atoms with Crippen molar-refractivity contribution in [3.05, 3.63) is 24.2 Å². The van der Waals surface area contributed by atoms with Gasteiger partial charge in [0.15, 0.2) is 5.82 Å². The van der Waals surface area contributed by atoms with Gasteiger partial charge < -0.3 is 10.3 Å². The van der Waals surface area contributed by atoms with E-state index >= 15 is 0 Å². The van der Waals surface area contributed by atoms with E-state index in [2.05, 4.69) is 34.2 Å². The normalized spacial score (nSPS) is 11.2. The fourth-order valence-corrected chi connectivity index (χ4v) is 1.43. The molecule has 86 valence electrons. The maximum atomic E-state index is 4.31. The third kappa shape index (κ3) is 2.49. The quantitative estimate of drug-likeness (QED) is 0.815. The van der Waals surface area contributed by atoms with Gasteiger partial charge in [0.1, 0.15) is 5.69 Å². The predicted molar refractivity (Wildman–Crippen MR) is 62.8 cm³/mol. The zero-order valence-corrected chi connectivity index (χ0v) is 9.86. The number of imidazole rings is 1. The Bertz CT molecular complexity index is 454. The SMILES string of the molecule is CC(C)NCc1cnc(-c2ccn(C)n2)[nH]1. The van der Waals surface area contributed by atoms with Gasteiger partial charge in [-0.05, 0) is 6.07 Å². The van der Waals surface area contributed by atoms with Crippen LogP contribution in [0.1, 0.15) is 19.5 Å². The van der Waals surface area contributed by atoms with Crippen molar-refractivity contribution < 1.29 is 0 Å². The van der Waals surface area contributed by atoms with Crippen LogP contribution in [-0.4, -0.2) is 25.8 Å². The van der Waals surface area contributed by atoms with Gasteiger partial charge in [-0.15, -0.1) is 0 Å². The van der Waals surface area contributed by atoms with Crippen molar-refractivity contribution in [3.8, 4) is 11.5 Å². The van der Waals surface area contributed by atoms with E-state index in [0.29, 0.717) is 6.04 Å². The summed E-state index contributed by atoms with van der Waals surface area (Å²) in [5.74, 6) is 0.821. The van der Waals surface area contributed by atoms with Crippen LogP contribution in [0.4, 0.5) is 0 Å². The maximum Gasteiger partial charge on any atom is 0.158 e. The van der Waals surface area contributed by atoms with Gasteiger partial charge in [0.05, 0.1) is 6.20 Å². The van der Waals surface area contributed by atoms with Gasteiger partial charge in [0.25, 0.3) is 0 Å². The summed E-state index contributed by atoms with van der Waals surface area (Å²) in [6.45, 7) is 5.05. The molecule has 0 unspecified atom stereocenters. The van der Waals surface area contributed by atoms with Crippen LogP contribution in [-0.2, 0) is 13.6 Å². The molecule has 0 atom stereocenters. The maximum absolute atomic E-state index is 4.31. The molecule has 2 heterocycles. The van der Waals surface area contributed by atoms with Crippen LogP contribution in [0, 0.1) is 0 Å². The summed E-state index contributed by atoms with van der Waals surface area (Å²) in [4.78, 5) is 7.56. The molecule has 0 radical (unpaired) electrons. The first-order valence-corrected chi connectivity index (χ1v) is 5.42. The number of nitrogens with zero attached hydrogens (tertiary/aromatic N) is 3. The van der Waals surface area contributed by atoms with Gasteiger partial charge in [-0.25, -0.2) is 4.98 Å². The average molecular weight is 219 g/mol. The summed E-state index contributed by atoms with van der Waals surface area (Å²) in [5, 5.41) is 7.63. The Hall–Kier alpha value is -1.62. The molecule has 5 heteroatoms. The van der Waals surface area contributed by atoms with Crippen molar-refractivity contribution in [3.63, 3.8) is 0 Å². The molecule has 2 aromatic rings. The smallest absolute Gasteiger partial charge is 0.158 e. The summed E-state index contributed by atoms with van der Waals surface area (Å²) in [7, 11) is 1.90. The molecule has 2 N–H and O–H groups in total. The molecule has 0 aliphatic rings. The number of nitrogens with one attached hydrogen (secondary N) is 2. The summed E-state index contributed by atoms with van der Waals surface area (Å²) >= 11 is 0. The predicted octanol–water partition coefficient (Wildman–Crippen LogP) is 1.31. The lowest BCUT2D eigenvalue weighted by atomic mass is 10.3. The number of aryl methyl sites for hydroxylation is 1. The Labute approximate surface area is 94.9 Å². The zero-order chi connectivity index (χ0) is 11.5. The molecule has 0 aliphatic carbocycles. The largest absolute Gasteiger partial charge is 0.339 e. The number of aromatic nitrogens is 4. The fraction of sp³-hybridized carbons (Fsp3) is 0.455. The van der Waals surface area contributed by atoms with Crippen molar-refractivity contribution in [2.24, 2.45) is 7.05 Å². The first kappa shape index (κ1) is 10.9. The van der Waals surface area contributed by atoms with E-state index in [-0.39, 0.29) is 0 Å². The number of hydrogen-bond acceptors (Lipinski definition) is 3. The van der Waals surface area contributed by atoms with Crippen LogP contribution in [0.5, 0.6) is 0 Å². The summed E-state index contributed by atoms with van der Waals surface area (Å²) < 4.78 is 1.77. The van der Waals surface area contributed by atoms with Gasteiger partial charge in [0, 0.05) is 31.5 Å². The lowest BCUT2D eigenvalue weighted by Gasteiger charge is -2.05. The highest BCUT2D eigenvalue weighted by Gasteiger charge is 2.06. The molecule has 0 bridgehead atoms. The Morgan fingerprint density at radius 1 is 1.50 bits per heavy atom. The minimum absolute atomic E-state index is 0.474. The minimum atomic E-state index is 0.474. The first-order chi connectivity index (χ1) is 7.65. The van der Waals surface area contributed by atoms with Crippen LogP contribution in [0.25, 0.3) is 11.5 Å². The zero-order valence-electron chi connectivity index (χ0n) is 9.86. The van der Waals surface area contributed by atoms with Gasteiger partial charge in [-0.1, -0.05) is 13.8 Å². The third-order valence-electron chi connectivity index (χ3n) is 2.29. The second kappa shape index (κ2) is 4.49. The van der Waals surface area contributed by atoms with Crippen LogP contribution >= 0.6 is 0 Å². The lowest BCUT2D eigenvalue weighted by molar-refractivity contribution is 0.583. The van der Waals surface area contributed by atoms with E-state index in [1.54, 1.807) is 4.68 Å². The fourth-order valence-electron chi connectivity index (χ4n) is 1.43. The number of H-pyrrole nitrogens is 1.